The molecule has 0 unspecified atom stereocenters. The zero-order valence-corrected chi connectivity index (χ0v) is 21.5. The van der Waals surface area contributed by atoms with Crippen molar-refractivity contribution in [3.63, 3.8) is 0 Å². The van der Waals surface area contributed by atoms with Gasteiger partial charge in [-0.1, -0.05) is 30.3 Å². The van der Waals surface area contributed by atoms with Crippen molar-refractivity contribution in [3.8, 4) is 11.5 Å². The van der Waals surface area contributed by atoms with E-state index in [1.165, 1.54) is 25.3 Å². The van der Waals surface area contributed by atoms with Crippen molar-refractivity contribution in [2.24, 2.45) is 0 Å². The minimum absolute atomic E-state index is 0.0737. The normalized spacial score (nSPS) is 11.3. The molecule has 0 atom stereocenters. The van der Waals surface area contributed by atoms with E-state index < -0.39 is 23.5 Å². The highest BCUT2D eigenvalue weighted by atomic mass is 19.4. The van der Waals surface area contributed by atoms with Gasteiger partial charge in [-0.15, -0.1) is 13.2 Å². The summed E-state index contributed by atoms with van der Waals surface area (Å²) in [7, 11) is 1.52. The number of nitrogens with one attached hydrogen (secondary N) is 1. The number of methoxy groups -OCH3 is 1. The van der Waals surface area contributed by atoms with Crippen LogP contribution >= 0.6 is 0 Å². The van der Waals surface area contributed by atoms with Crippen molar-refractivity contribution < 1.29 is 22.6 Å². The number of nitrogens with zero attached hydrogens (tertiary/aromatic N) is 4. The lowest BCUT2D eigenvalue weighted by Crippen LogP contribution is -2.43. The number of pyridine rings is 1. The number of aryl methyl sites for hydroxylation is 2. The SMILES string of the molecule is COc1ccc(Cn2c(=O)nc(NCc3cnc(C)cc3C)n(Cc3ccccc3OC(F)(F)F)c2=O)cc1. The molecule has 0 radical (unpaired) electrons. The number of benzene rings is 2. The summed E-state index contributed by atoms with van der Waals surface area (Å²) in [5, 5.41) is 2.98. The van der Waals surface area contributed by atoms with Gasteiger partial charge in [0.1, 0.15) is 11.5 Å². The third-order valence-electron chi connectivity index (χ3n) is 5.97. The Morgan fingerprint density at radius 2 is 1.67 bits per heavy atom. The molecule has 0 spiro atoms. The quantitative estimate of drug-likeness (QED) is 0.342. The first-order valence-electron chi connectivity index (χ1n) is 11.9. The highest BCUT2D eigenvalue weighted by Gasteiger charge is 2.32. The third kappa shape index (κ3) is 6.83. The zero-order valence-electron chi connectivity index (χ0n) is 21.5. The van der Waals surface area contributed by atoms with Crippen molar-refractivity contribution in [2.75, 3.05) is 12.4 Å². The van der Waals surface area contributed by atoms with Crippen molar-refractivity contribution in [1.29, 1.82) is 0 Å². The van der Waals surface area contributed by atoms with E-state index in [2.05, 4.69) is 20.0 Å². The Hall–Kier alpha value is -4.61. The number of aromatic nitrogens is 4. The molecule has 2 aromatic carbocycles. The molecule has 2 aromatic heterocycles. The number of rotatable bonds is 9. The minimum Gasteiger partial charge on any atom is -0.497 e. The highest BCUT2D eigenvalue weighted by Crippen LogP contribution is 2.27. The molecular weight excluding hydrogens is 515 g/mol. The fourth-order valence-corrected chi connectivity index (χ4v) is 3.97. The summed E-state index contributed by atoms with van der Waals surface area (Å²) < 4.78 is 50.4. The highest BCUT2D eigenvalue weighted by molar-refractivity contribution is 5.37. The Morgan fingerprint density at radius 3 is 2.33 bits per heavy atom. The Labute approximate surface area is 221 Å². The molecule has 0 aliphatic carbocycles. The van der Waals surface area contributed by atoms with Gasteiger partial charge >= 0.3 is 17.7 Å². The lowest BCUT2D eigenvalue weighted by molar-refractivity contribution is -0.274. The summed E-state index contributed by atoms with van der Waals surface area (Å²) in [4.78, 5) is 34.9. The molecule has 0 saturated heterocycles. The third-order valence-corrected chi connectivity index (χ3v) is 5.97. The molecule has 0 amide bonds. The Morgan fingerprint density at radius 1 is 0.949 bits per heavy atom. The lowest BCUT2D eigenvalue weighted by atomic mass is 10.1. The number of hydrogen-bond acceptors (Lipinski definition) is 7. The van der Waals surface area contributed by atoms with Crippen LogP contribution in [-0.4, -0.2) is 32.6 Å². The van der Waals surface area contributed by atoms with Crippen LogP contribution in [0.25, 0.3) is 0 Å². The summed E-state index contributed by atoms with van der Waals surface area (Å²) in [6.45, 7) is 3.48. The molecule has 39 heavy (non-hydrogen) atoms. The molecule has 9 nitrogen and oxygen atoms in total. The smallest absolute Gasteiger partial charge is 0.497 e. The summed E-state index contributed by atoms with van der Waals surface area (Å²) in [6.07, 6.45) is -3.26. The standard InChI is InChI=1S/C27H26F3N5O4/c1-17-12-18(2)31-13-21(17)14-32-24-33-25(36)35(15-19-8-10-22(38-3)11-9-19)26(37)34(24)16-20-6-4-5-7-23(20)39-27(28,29)30/h4-13H,14-16H2,1-3H3,(H,32,33,36). The number of halogens is 3. The van der Waals surface area contributed by atoms with E-state index in [0.717, 1.165) is 32.0 Å². The maximum absolute atomic E-state index is 13.6. The van der Waals surface area contributed by atoms with Gasteiger partial charge in [0.15, 0.2) is 0 Å². The van der Waals surface area contributed by atoms with Gasteiger partial charge in [0.2, 0.25) is 5.95 Å². The first kappa shape index (κ1) is 27.4. The monoisotopic (exact) mass is 541 g/mol. The molecule has 0 bridgehead atoms. The van der Waals surface area contributed by atoms with E-state index in [4.69, 9.17) is 4.74 Å². The van der Waals surface area contributed by atoms with Crippen molar-refractivity contribution in [3.05, 3.63) is 110 Å². The van der Waals surface area contributed by atoms with Crippen LogP contribution in [0.4, 0.5) is 19.1 Å². The van der Waals surface area contributed by atoms with Crippen LogP contribution in [0.2, 0.25) is 0 Å². The maximum Gasteiger partial charge on any atom is 0.573 e. The van der Waals surface area contributed by atoms with E-state index in [9.17, 15) is 22.8 Å². The molecule has 4 aromatic rings. The average Bonchev–Trinajstić information content (AvgIpc) is 2.88. The molecule has 4 rings (SSSR count). The van der Waals surface area contributed by atoms with Crippen LogP contribution in [0.5, 0.6) is 11.5 Å². The molecule has 0 saturated carbocycles. The number of ether oxygens (including phenoxy) is 2. The maximum atomic E-state index is 13.6. The zero-order chi connectivity index (χ0) is 28.2. The number of alkyl halides is 3. The van der Waals surface area contributed by atoms with E-state index in [0.29, 0.717) is 11.3 Å². The van der Waals surface area contributed by atoms with Crippen molar-refractivity contribution in [1.82, 2.24) is 19.1 Å². The molecule has 204 valence electrons. The first-order chi connectivity index (χ1) is 18.5. The predicted molar refractivity (Wildman–Crippen MR) is 138 cm³/mol. The van der Waals surface area contributed by atoms with Gasteiger partial charge in [-0.05, 0) is 54.8 Å². The lowest BCUT2D eigenvalue weighted by Gasteiger charge is -2.18. The second-order valence-electron chi connectivity index (χ2n) is 8.78. The second-order valence-corrected chi connectivity index (χ2v) is 8.78. The Balaban J connectivity index is 1.76. The van der Waals surface area contributed by atoms with Crippen LogP contribution in [0.1, 0.15) is 27.9 Å². The summed E-state index contributed by atoms with van der Waals surface area (Å²) >= 11 is 0. The number of para-hydroxylation sites is 1. The van der Waals surface area contributed by atoms with Gasteiger partial charge in [0, 0.05) is 24.0 Å². The molecule has 2 heterocycles. The van der Waals surface area contributed by atoms with E-state index in [-0.39, 0.29) is 31.1 Å². The van der Waals surface area contributed by atoms with Gasteiger partial charge in [0.25, 0.3) is 0 Å². The van der Waals surface area contributed by atoms with E-state index >= 15 is 0 Å². The fraction of sp³-hybridized carbons (Fsp3) is 0.259. The van der Waals surface area contributed by atoms with Gasteiger partial charge < -0.3 is 14.8 Å². The van der Waals surface area contributed by atoms with Crippen LogP contribution in [-0.2, 0) is 19.6 Å². The molecule has 1 N–H and O–H groups in total. The van der Waals surface area contributed by atoms with Crippen LogP contribution in [0.15, 0.2) is 70.4 Å². The first-order valence-corrected chi connectivity index (χ1v) is 11.9. The molecule has 0 aliphatic heterocycles. The van der Waals surface area contributed by atoms with Crippen LogP contribution < -0.4 is 26.2 Å². The van der Waals surface area contributed by atoms with Gasteiger partial charge in [-0.25, -0.2) is 14.2 Å². The van der Waals surface area contributed by atoms with Crippen LogP contribution in [0.3, 0.4) is 0 Å². The van der Waals surface area contributed by atoms with Gasteiger partial charge in [-0.2, -0.15) is 4.98 Å². The second kappa shape index (κ2) is 11.4. The van der Waals surface area contributed by atoms with Crippen molar-refractivity contribution >= 4 is 5.95 Å². The summed E-state index contributed by atoms with van der Waals surface area (Å²) in [6, 6.07) is 14.1. The van der Waals surface area contributed by atoms with Gasteiger partial charge in [0.05, 0.1) is 20.2 Å². The fourth-order valence-electron chi connectivity index (χ4n) is 3.97. The van der Waals surface area contributed by atoms with Crippen LogP contribution in [0, 0.1) is 13.8 Å². The molecule has 0 fully saturated rings. The summed E-state index contributed by atoms with van der Waals surface area (Å²) in [5.41, 5.74) is 1.69. The van der Waals surface area contributed by atoms with E-state index in [1.54, 1.807) is 30.5 Å². The Kier molecular flexibility index (Phi) is 8.03. The average molecular weight is 542 g/mol. The van der Waals surface area contributed by atoms with E-state index in [1.807, 2.05) is 19.9 Å². The Bertz CT molecular complexity index is 1580. The van der Waals surface area contributed by atoms with Gasteiger partial charge in [-0.3, -0.25) is 9.55 Å². The molecule has 0 aliphatic rings. The largest absolute Gasteiger partial charge is 0.573 e. The number of hydrogen-bond donors (Lipinski definition) is 1. The predicted octanol–water partition coefficient (Wildman–Crippen LogP) is 4.03. The van der Waals surface area contributed by atoms with Crippen molar-refractivity contribution in [2.45, 2.75) is 39.8 Å². The molecular formula is C27H26F3N5O4. The molecule has 12 heteroatoms. The summed E-state index contributed by atoms with van der Waals surface area (Å²) in [5.74, 6) is 0.0374. The minimum atomic E-state index is -4.93. The topological polar surface area (TPSA) is 100 Å². The number of anilines is 1.